The molecule has 0 aliphatic carbocycles. The van der Waals surface area contributed by atoms with Crippen molar-refractivity contribution in [2.45, 2.75) is 26.1 Å². The Labute approximate surface area is 123 Å². The maximum absolute atomic E-state index is 12.9. The zero-order chi connectivity index (χ0) is 14.8. The second-order valence-electron chi connectivity index (χ2n) is 5.33. The van der Waals surface area contributed by atoms with Crippen molar-refractivity contribution < 1.29 is 9.18 Å². The predicted molar refractivity (Wildman–Crippen MR) is 79.3 cm³/mol. The van der Waals surface area contributed by atoms with Crippen molar-refractivity contribution in [1.82, 2.24) is 10.6 Å². The van der Waals surface area contributed by atoms with Gasteiger partial charge in [0.15, 0.2) is 0 Å². The number of nitrogens with one attached hydrogen (secondary N) is 2. The van der Waals surface area contributed by atoms with E-state index in [0.717, 1.165) is 18.7 Å². The van der Waals surface area contributed by atoms with Gasteiger partial charge in [0.1, 0.15) is 5.82 Å². The molecule has 108 valence electrons. The fraction of sp³-hybridized carbons (Fsp3) is 0.235. The second kappa shape index (κ2) is 5.66. The highest BCUT2D eigenvalue weighted by atomic mass is 19.1. The lowest BCUT2D eigenvalue weighted by atomic mass is 10.0. The molecule has 1 heterocycles. The third-order valence-corrected chi connectivity index (χ3v) is 3.82. The number of rotatable bonds is 3. The average molecular weight is 284 g/mol. The molecule has 0 saturated heterocycles. The molecule has 0 radical (unpaired) electrons. The van der Waals surface area contributed by atoms with Crippen LogP contribution in [0, 0.1) is 5.82 Å². The van der Waals surface area contributed by atoms with E-state index in [1.54, 1.807) is 12.1 Å². The quantitative estimate of drug-likeness (QED) is 0.910. The minimum atomic E-state index is -0.275. The van der Waals surface area contributed by atoms with Crippen LogP contribution in [0.15, 0.2) is 42.5 Å². The highest BCUT2D eigenvalue weighted by Crippen LogP contribution is 2.18. The molecule has 2 aromatic rings. The monoisotopic (exact) mass is 284 g/mol. The van der Waals surface area contributed by atoms with Gasteiger partial charge in [0, 0.05) is 18.7 Å². The van der Waals surface area contributed by atoms with Crippen LogP contribution >= 0.6 is 0 Å². The van der Waals surface area contributed by atoms with Crippen LogP contribution in [0.5, 0.6) is 0 Å². The van der Waals surface area contributed by atoms with E-state index in [9.17, 15) is 9.18 Å². The van der Waals surface area contributed by atoms with Crippen LogP contribution in [0.2, 0.25) is 0 Å². The topological polar surface area (TPSA) is 41.1 Å². The Morgan fingerprint density at radius 2 is 1.86 bits per heavy atom. The Balaban J connectivity index is 1.72. The van der Waals surface area contributed by atoms with Gasteiger partial charge in [0.2, 0.25) is 0 Å². The van der Waals surface area contributed by atoms with E-state index in [1.165, 1.54) is 23.3 Å². The molecule has 1 aliphatic rings. The van der Waals surface area contributed by atoms with Crippen molar-refractivity contribution in [2.75, 3.05) is 0 Å². The highest BCUT2D eigenvalue weighted by molar-refractivity contribution is 5.94. The summed E-state index contributed by atoms with van der Waals surface area (Å²) in [4.78, 5) is 12.3. The largest absolute Gasteiger partial charge is 0.346 e. The number of carbonyl (C=O) groups excluding carboxylic acids is 1. The fourth-order valence-electron chi connectivity index (χ4n) is 2.55. The SMILES string of the molecule is C[C@H](NC(=O)c1ccc2c(c1)CNC2)c1ccc(F)cc1. The van der Waals surface area contributed by atoms with Crippen LogP contribution in [0.1, 0.15) is 40.0 Å². The molecule has 0 unspecified atom stereocenters. The number of amides is 1. The number of benzene rings is 2. The third kappa shape index (κ3) is 2.95. The summed E-state index contributed by atoms with van der Waals surface area (Å²) in [5, 5.41) is 6.20. The molecular formula is C17H17FN2O. The average Bonchev–Trinajstić information content (AvgIpc) is 2.95. The van der Waals surface area contributed by atoms with Crippen molar-refractivity contribution in [3.63, 3.8) is 0 Å². The van der Waals surface area contributed by atoms with E-state index in [1.807, 2.05) is 25.1 Å². The first-order valence-electron chi connectivity index (χ1n) is 7.02. The predicted octanol–water partition coefficient (Wildman–Crippen LogP) is 2.92. The van der Waals surface area contributed by atoms with Gasteiger partial charge in [-0.2, -0.15) is 0 Å². The molecule has 3 rings (SSSR count). The van der Waals surface area contributed by atoms with E-state index in [-0.39, 0.29) is 17.8 Å². The minimum absolute atomic E-state index is 0.110. The number of halogens is 1. The van der Waals surface area contributed by atoms with Crippen LogP contribution in [0.25, 0.3) is 0 Å². The summed E-state index contributed by atoms with van der Waals surface area (Å²) in [5.74, 6) is -0.384. The zero-order valence-electron chi connectivity index (χ0n) is 11.8. The molecule has 0 aromatic heterocycles. The fourth-order valence-corrected chi connectivity index (χ4v) is 2.55. The van der Waals surface area contributed by atoms with E-state index >= 15 is 0 Å². The van der Waals surface area contributed by atoms with Crippen molar-refractivity contribution in [3.8, 4) is 0 Å². The van der Waals surface area contributed by atoms with Crippen LogP contribution in [-0.2, 0) is 13.1 Å². The first kappa shape index (κ1) is 13.8. The highest BCUT2D eigenvalue weighted by Gasteiger charge is 2.15. The van der Waals surface area contributed by atoms with Gasteiger partial charge in [0.25, 0.3) is 5.91 Å². The molecule has 2 N–H and O–H groups in total. The molecule has 0 spiro atoms. The molecule has 1 atom stereocenters. The standard InChI is InChI=1S/C17H17FN2O/c1-11(12-4-6-16(18)7-5-12)20-17(21)13-2-3-14-9-19-10-15(14)8-13/h2-8,11,19H,9-10H2,1H3,(H,20,21)/t11-/m0/s1. The Morgan fingerprint density at radius 3 is 2.62 bits per heavy atom. The molecule has 4 heteroatoms. The summed E-state index contributed by atoms with van der Waals surface area (Å²) < 4.78 is 12.9. The maximum Gasteiger partial charge on any atom is 0.251 e. The smallest absolute Gasteiger partial charge is 0.251 e. The van der Waals surface area contributed by atoms with Crippen molar-refractivity contribution in [1.29, 1.82) is 0 Å². The van der Waals surface area contributed by atoms with Crippen LogP contribution < -0.4 is 10.6 Å². The summed E-state index contributed by atoms with van der Waals surface area (Å²) >= 11 is 0. The van der Waals surface area contributed by atoms with E-state index in [4.69, 9.17) is 0 Å². The molecule has 0 saturated carbocycles. The summed E-state index contributed by atoms with van der Waals surface area (Å²) in [6, 6.07) is 11.8. The molecule has 0 fully saturated rings. The number of fused-ring (bicyclic) bond motifs is 1. The van der Waals surface area contributed by atoms with Gasteiger partial charge in [-0.3, -0.25) is 4.79 Å². The summed E-state index contributed by atoms with van der Waals surface area (Å²) in [6.45, 7) is 3.56. The van der Waals surface area contributed by atoms with E-state index in [2.05, 4.69) is 10.6 Å². The van der Waals surface area contributed by atoms with Gasteiger partial charge in [0.05, 0.1) is 6.04 Å². The van der Waals surface area contributed by atoms with Gasteiger partial charge in [-0.25, -0.2) is 4.39 Å². The Kier molecular flexibility index (Phi) is 3.71. The number of hydrogen-bond acceptors (Lipinski definition) is 2. The first-order chi connectivity index (χ1) is 10.1. The van der Waals surface area contributed by atoms with Gasteiger partial charge < -0.3 is 10.6 Å². The van der Waals surface area contributed by atoms with Gasteiger partial charge in [-0.15, -0.1) is 0 Å². The zero-order valence-corrected chi connectivity index (χ0v) is 11.8. The molecule has 21 heavy (non-hydrogen) atoms. The van der Waals surface area contributed by atoms with E-state index in [0.29, 0.717) is 5.56 Å². The number of carbonyl (C=O) groups is 1. The molecule has 2 aromatic carbocycles. The van der Waals surface area contributed by atoms with E-state index < -0.39 is 0 Å². The van der Waals surface area contributed by atoms with Crippen LogP contribution in [0.4, 0.5) is 4.39 Å². The summed E-state index contributed by atoms with van der Waals surface area (Å²) in [7, 11) is 0. The molecular weight excluding hydrogens is 267 g/mol. The maximum atomic E-state index is 12.9. The first-order valence-corrected chi connectivity index (χ1v) is 7.02. The Hall–Kier alpha value is -2.20. The van der Waals surface area contributed by atoms with Gasteiger partial charge in [-0.1, -0.05) is 18.2 Å². The van der Waals surface area contributed by atoms with Crippen molar-refractivity contribution in [3.05, 3.63) is 70.5 Å². The van der Waals surface area contributed by atoms with Crippen LogP contribution in [0.3, 0.4) is 0 Å². The van der Waals surface area contributed by atoms with Crippen LogP contribution in [-0.4, -0.2) is 5.91 Å². The summed E-state index contributed by atoms with van der Waals surface area (Å²) in [6.07, 6.45) is 0. The normalized spacial score (nSPS) is 14.6. The second-order valence-corrected chi connectivity index (χ2v) is 5.33. The lowest BCUT2D eigenvalue weighted by Crippen LogP contribution is -2.26. The third-order valence-electron chi connectivity index (χ3n) is 3.82. The van der Waals surface area contributed by atoms with Crippen molar-refractivity contribution >= 4 is 5.91 Å². The minimum Gasteiger partial charge on any atom is -0.346 e. The van der Waals surface area contributed by atoms with Crippen molar-refractivity contribution in [2.24, 2.45) is 0 Å². The summed E-state index contributed by atoms with van der Waals surface area (Å²) in [5.41, 5.74) is 3.97. The molecule has 3 nitrogen and oxygen atoms in total. The molecule has 1 amide bonds. The molecule has 0 bridgehead atoms. The van der Waals surface area contributed by atoms with Gasteiger partial charge >= 0.3 is 0 Å². The lowest BCUT2D eigenvalue weighted by molar-refractivity contribution is 0.0940. The Morgan fingerprint density at radius 1 is 1.14 bits per heavy atom. The van der Waals surface area contributed by atoms with Gasteiger partial charge in [-0.05, 0) is 47.9 Å². The Bertz CT molecular complexity index is 667. The lowest BCUT2D eigenvalue weighted by Gasteiger charge is -2.14. The number of hydrogen-bond donors (Lipinski definition) is 2. The molecule has 1 aliphatic heterocycles.